The molecular formula is C12H23NO5. The van der Waals surface area contributed by atoms with E-state index in [-0.39, 0.29) is 0 Å². The summed E-state index contributed by atoms with van der Waals surface area (Å²) in [6.07, 6.45) is -1.79. The highest BCUT2D eigenvalue weighted by molar-refractivity contribution is 5.87. The number of amides is 1. The fourth-order valence-corrected chi connectivity index (χ4v) is 0.521. The molecule has 0 aromatic carbocycles. The number of primary amides is 1. The largest absolute Gasteiger partial charge is 0.450 e. The van der Waals surface area contributed by atoms with Crippen molar-refractivity contribution in [1.29, 1.82) is 0 Å². The summed E-state index contributed by atoms with van der Waals surface area (Å²) in [5.74, 6) is -0.558. The Morgan fingerprint density at radius 3 is 2.00 bits per heavy atom. The number of carbonyl (C=O) groups is 2. The van der Waals surface area contributed by atoms with Crippen molar-refractivity contribution in [1.82, 2.24) is 0 Å². The predicted octanol–water partition coefficient (Wildman–Crippen LogP) is 1.57. The van der Waals surface area contributed by atoms with Crippen molar-refractivity contribution in [2.75, 3.05) is 6.61 Å². The second-order valence-corrected chi connectivity index (χ2v) is 4.66. The van der Waals surface area contributed by atoms with Crippen LogP contribution in [-0.2, 0) is 14.3 Å². The number of esters is 1. The summed E-state index contributed by atoms with van der Waals surface area (Å²) in [5.41, 5.74) is 4.38. The first-order valence-corrected chi connectivity index (χ1v) is 5.49. The first kappa shape index (κ1) is 18.8. The van der Waals surface area contributed by atoms with E-state index in [1.54, 1.807) is 27.7 Å². The third kappa shape index (κ3) is 10.9. The van der Waals surface area contributed by atoms with Gasteiger partial charge in [-0.1, -0.05) is 27.4 Å². The molecule has 0 bridgehead atoms. The molecule has 0 radical (unpaired) electrons. The Morgan fingerprint density at radius 2 is 1.83 bits per heavy atom. The third-order valence-electron chi connectivity index (χ3n) is 1.59. The number of hydrogen-bond acceptors (Lipinski definition) is 5. The highest BCUT2D eigenvalue weighted by atomic mass is 16.6. The fourth-order valence-electron chi connectivity index (χ4n) is 0.521. The Bertz CT molecular complexity index is 293. The second-order valence-electron chi connectivity index (χ2n) is 4.66. The summed E-state index contributed by atoms with van der Waals surface area (Å²) in [5, 5.41) is 9.32. The molecule has 6 heteroatoms. The van der Waals surface area contributed by atoms with Gasteiger partial charge in [0.05, 0.1) is 6.61 Å². The van der Waals surface area contributed by atoms with Gasteiger partial charge in [0, 0.05) is 11.0 Å². The van der Waals surface area contributed by atoms with Crippen molar-refractivity contribution in [2.24, 2.45) is 11.1 Å². The van der Waals surface area contributed by atoms with Gasteiger partial charge in [0.25, 0.3) is 0 Å². The van der Waals surface area contributed by atoms with Gasteiger partial charge in [0.2, 0.25) is 6.29 Å². The number of hydrogen-bond donors (Lipinski definition) is 2. The van der Waals surface area contributed by atoms with Crippen LogP contribution in [0.2, 0.25) is 0 Å². The van der Waals surface area contributed by atoms with E-state index in [0.717, 1.165) is 0 Å². The molecule has 0 aromatic rings. The highest BCUT2D eigenvalue weighted by Crippen LogP contribution is 2.20. The minimum Gasteiger partial charge on any atom is -0.450 e. The molecule has 0 heterocycles. The Hall–Kier alpha value is -1.56. The summed E-state index contributed by atoms with van der Waals surface area (Å²) in [6.45, 7) is 12.3. The van der Waals surface area contributed by atoms with E-state index < -0.39 is 23.8 Å². The SMILES string of the molecule is C=C(C)C(=O)OC(O)C(C)(C)C.CCOC(N)=O. The van der Waals surface area contributed by atoms with Gasteiger partial charge in [-0.15, -0.1) is 0 Å². The van der Waals surface area contributed by atoms with Crippen LogP contribution < -0.4 is 5.73 Å². The van der Waals surface area contributed by atoms with Crippen molar-refractivity contribution in [3.8, 4) is 0 Å². The zero-order valence-corrected chi connectivity index (χ0v) is 11.6. The number of rotatable bonds is 3. The molecule has 106 valence electrons. The zero-order valence-electron chi connectivity index (χ0n) is 11.6. The van der Waals surface area contributed by atoms with Gasteiger partial charge in [-0.2, -0.15) is 0 Å². The Morgan fingerprint density at radius 1 is 1.39 bits per heavy atom. The maximum atomic E-state index is 10.9. The van der Waals surface area contributed by atoms with Crippen LogP contribution in [0.25, 0.3) is 0 Å². The van der Waals surface area contributed by atoms with Crippen molar-refractivity contribution < 1.29 is 24.2 Å². The van der Waals surface area contributed by atoms with E-state index >= 15 is 0 Å². The van der Waals surface area contributed by atoms with Crippen LogP contribution in [-0.4, -0.2) is 30.1 Å². The molecule has 0 spiro atoms. The quantitative estimate of drug-likeness (QED) is 0.456. The Labute approximate surface area is 108 Å². The van der Waals surface area contributed by atoms with Gasteiger partial charge in [-0.3, -0.25) is 0 Å². The third-order valence-corrected chi connectivity index (χ3v) is 1.59. The van der Waals surface area contributed by atoms with E-state index in [0.29, 0.717) is 12.2 Å². The average molecular weight is 261 g/mol. The second kappa shape index (κ2) is 8.52. The van der Waals surface area contributed by atoms with Crippen LogP contribution in [0, 0.1) is 5.41 Å². The molecule has 0 aromatic heterocycles. The van der Waals surface area contributed by atoms with Gasteiger partial charge in [-0.05, 0) is 13.8 Å². The van der Waals surface area contributed by atoms with Gasteiger partial charge in [0.15, 0.2) is 0 Å². The Kier molecular flexibility index (Phi) is 8.90. The van der Waals surface area contributed by atoms with Crippen LogP contribution >= 0.6 is 0 Å². The molecule has 0 aliphatic carbocycles. The van der Waals surface area contributed by atoms with Crippen molar-refractivity contribution in [2.45, 2.75) is 40.9 Å². The lowest BCUT2D eigenvalue weighted by atomic mass is 9.96. The van der Waals surface area contributed by atoms with Crippen molar-refractivity contribution in [3.05, 3.63) is 12.2 Å². The monoisotopic (exact) mass is 261 g/mol. The predicted molar refractivity (Wildman–Crippen MR) is 67.6 cm³/mol. The normalized spacial score (nSPS) is 11.7. The summed E-state index contributed by atoms with van der Waals surface area (Å²) >= 11 is 0. The molecule has 0 rings (SSSR count). The maximum absolute atomic E-state index is 10.9. The molecule has 6 nitrogen and oxygen atoms in total. The lowest BCUT2D eigenvalue weighted by Gasteiger charge is -2.25. The minimum atomic E-state index is -1.08. The van der Waals surface area contributed by atoms with Crippen LogP contribution in [0.5, 0.6) is 0 Å². The zero-order chi connectivity index (χ0) is 14.9. The minimum absolute atomic E-state index is 0.290. The smallest absolute Gasteiger partial charge is 0.404 e. The lowest BCUT2D eigenvalue weighted by Crippen LogP contribution is -2.31. The molecule has 1 unspecified atom stereocenters. The molecule has 0 saturated heterocycles. The first-order valence-electron chi connectivity index (χ1n) is 5.49. The average Bonchev–Trinajstić information content (AvgIpc) is 2.16. The number of carbonyl (C=O) groups excluding carboxylic acids is 2. The van der Waals surface area contributed by atoms with E-state index in [1.807, 2.05) is 0 Å². The van der Waals surface area contributed by atoms with E-state index in [9.17, 15) is 14.7 Å². The first-order chi connectivity index (χ1) is 8.02. The van der Waals surface area contributed by atoms with Gasteiger partial charge in [0.1, 0.15) is 0 Å². The summed E-state index contributed by atoms with van der Waals surface area (Å²) in [7, 11) is 0. The van der Waals surface area contributed by atoms with Crippen LogP contribution in [0.3, 0.4) is 0 Å². The standard InChI is InChI=1S/C9H16O3.C3H7NO2/c1-6(2)7(10)12-8(11)9(3,4)5;1-2-6-3(4)5/h8,11H,1H2,2-5H3;2H2,1H3,(H2,4,5). The van der Waals surface area contributed by atoms with E-state index in [1.165, 1.54) is 6.92 Å². The number of ether oxygens (including phenoxy) is 2. The molecule has 3 N–H and O–H groups in total. The summed E-state index contributed by atoms with van der Waals surface area (Å²) in [6, 6.07) is 0. The van der Waals surface area contributed by atoms with Gasteiger partial charge >= 0.3 is 12.1 Å². The molecular weight excluding hydrogens is 238 g/mol. The van der Waals surface area contributed by atoms with Crippen molar-refractivity contribution >= 4 is 12.1 Å². The molecule has 0 saturated carbocycles. The summed E-state index contributed by atoms with van der Waals surface area (Å²) < 4.78 is 8.87. The number of aliphatic hydroxyl groups is 1. The molecule has 1 amide bonds. The van der Waals surface area contributed by atoms with Crippen LogP contribution in [0.1, 0.15) is 34.6 Å². The maximum Gasteiger partial charge on any atom is 0.404 e. The lowest BCUT2D eigenvalue weighted by molar-refractivity contribution is -0.181. The fraction of sp³-hybridized carbons (Fsp3) is 0.667. The topological polar surface area (TPSA) is 98.8 Å². The van der Waals surface area contributed by atoms with Crippen LogP contribution in [0.15, 0.2) is 12.2 Å². The molecule has 0 aliphatic heterocycles. The summed E-state index contributed by atoms with van der Waals surface area (Å²) in [4.78, 5) is 20.5. The molecule has 1 atom stereocenters. The molecule has 18 heavy (non-hydrogen) atoms. The molecule has 0 aliphatic rings. The molecule has 0 fully saturated rings. The Balaban J connectivity index is 0. The van der Waals surface area contributed by atoms with E-state index in [4.69, 9.17) is 4.74 Å². The van der Waals surface area contributed by atoms with E-state index in [2.05, 4.69) is 17.0 Å². The van der Waals surface area contributed by atoms with Crippen LogP contribution in [0.4, 0.5) is 4.79 Å². The number of aliphatic hydroxyl groups excluding tert-OH is 1. The van der Waals surface area contributed by atoms with Crippen molar-refractivity contribution in [3.63, 3.8) is 0 Å². The highest BCUT2D eigenvalue weighted by Gasteiger charge is 2.25. The van der Waals surface area contributed by atoms with Gasteiger partial charge in [-0.25, -0.2) is 9.59 Å². The van der Waals surface area contributed by atoms with Gasteiger partial charge < -0.3 is 20.3 Å². The number of nitrogens with two attached hydrogens (primary N) is 1.